The molecule has 7 nitrogen and oxygen atoms in total. The van der Waals surface area contributed by atoms with Crippen LogP contribution in [0.25, 0.3) is 0 Å². The summed E-state index contributed by atoms with van der Waals surface area (Å²) in [6.07, 6.45) is 0. The molecule has 20 heavy (non-hydrogen) atoms. The third-order valence-electron chi connectivity index (χ3n) is 2.23. The normalized spacial score (nSPS) is 10.3. The highest BCUT2D eigenvalue weighted by molar-refractivity contribution is 7.15. The van der Waals surface area contributed by atoms with E-state index in [0.717, 1.165) is 0 Å². The maximum absolute atomic E-state index is 13.5. The van der Waals surface area contributed by atoms with Gasteiger partial charge in [-0.25, -0.2) is 4.39 Å². The highest BCUT2D eigenvalue weighted by Gasteiger charge is 2.19. The molecule has 0 saturated carbocycles. The van der Waals surface area contributed by atoms with Crippen LogP contribution in [0.2, 0.25) is 0 Å². The van der Waals surface area contributed by atoms with Crippen LogP contribution in [-0.4, -0.2) is 22.2 Å². The van der Waals surface area contributed by atoms with E-state index in [1.54, 1.807) is 7.05 Å². The number of benzene rings is 1. The molecule has 2 rings (SSSR count). The lowest BCUT2D eigenvalue weighted by molar-refractivity contribution is -0.387. The zero-order valence-corrected chi connectivity index (χ0v) is 10.9. The van der Waals surface area contributed by atoms with E-state index in [-0.39, 0.29) is 6.61 Å². The lowest BCUT2D eigenvalue weighted by Crippen LogP contribution is -2.00. The molecule has 1 aromatic heterocycles. The van der Waals surface area contributed by atoms with Crippen LogP contribution >= 0.6 is 11.3 Å². The van der Waals surface area contributed by atoms with Gasteiger partial charge in [-0.15, -0.1) is 10.2 Å². The van der Waals surface area contributed by atoms with Gasteiger partial charge in [0, 0.05) is 13.1 Å². The SMILES string of the molecule is CNc1nnc(COc2cc(F)c([N+](=O)[O-])cc2F)s1. The van der Waals surface area contributed by atoms with E-state index < -0.39 is 28.0 Å². The van der Waals surface area contributed by atoms with E-state index in [4.69, 9.17) is 4.74 Å². The largest absolute Gasteiger partial charge is 0.483 e. The number of nitrogens with zero attached hydrogens (tertiary/aromatic N) is 3. The molecule has 0 aliphatic rings. The quantitative estimate of drug-likeness (QED) is 0.673. The Kier molecular flexibility index (Phi) is 4.03. The van der Waals surface area contributed by atoms with Gasteiger partial charge < -0.3 is 10.1 Å². The predicted octanol–water partition coefficient (Wildman–Crippen LogP) is 2.35. The number of hydrogen-bond acceptors (Lipinski definition) is 7. The number of nitro groups is 1. The average Bonchev–Trinajstić information content (AvgIpc) is 2.87. The van der Waals surface area contributed by atoms with Crippen LogP contribution < -0.4 is 10.1 Å². The summed E-state index contributed by atoms with van der Waals surface area (Å²) in [6.45, 7) is -0.118. The summed E-state index contributed by atoms with van der Waals surface area (Å²) in [5.74, 6) is -2.61. The minimum Gasteiger partial charge on any atom is -0.483 e. The molecule has 0 bridgehead atoms. The predicted molar refractivity (Wildman–Crippen MR) is 66.8 cm³/mol. The summed E-state index contributed by atoms with van der Waals surface area (Å²) >= 11 is 1.19. The van der Waals surface area contributed by atoms with E-state index in [1.165, 1.54) is 11.3 Å². The van der Waals surface area contributed by atoms with Crippen molar-refractivity contribution >= 4 is 22.2 Å². The molecule has 0 spiro atoms. The van der Waals surface area contributed by atoms with Gasteiger partial charge in [-0.3, -0.25) is 10.1 Å². The van der Waals surface area contributed by atoms with Gasteiger partial charge in [0.25, 0.3) is 0 Å². The lowest BCUT2D eigenvalue weighted by atomic mass is 10.3. The Balaban J connectivity index is 2.13. The summed E-state index contributed by atoms with van der Waals surface area (Å²) in [5.41, 5.74) is -0.941. The van der Waals surface area contributed by atoms with Crippen LogP contribution in [0.15, 0.2) is 12.1 Å². The summed E-state index contributed by atoms with van der Waals surface area (Å²) in [4.78, 5) is 9.43. The molecule has 0 saturated heterocycles. The number of aromatic nitrogens is 2. The molecule has 0 aliphatic carbocycles. The average molecular weight is 302 g/mol. The molecule has 0 radical (unpaired) electrons. The fourth-order valence-corrected chi connectivity index (χ4v) is 1.93. The van der Waals surface area contributed by atoms with Crippen molar-refractivity contribution in [2.24, 2.45) is 0 Å². The molecular formula is C10H8F2N4O3S. The third kappa shape index (κ3) is 2.96. The second kappa shape index (κ2) is 5.74. The summed E-state index contributed by atoms with van der Waals surface area (Å²) < 4.78 is 31.9. The molecule has 0 atom stereocenters. The number of nitrogens with one attached hydrogen (secondary N) is 1. The molecule has 0 fully saturated rings. The third-order valence-corrected chi connectivity index (χ3v) is 3.14. The van der Waals surface area contributed by atoms with Crippen molar-refractivity contribution < 1.29 is 18.4 Å². The molecular weight excluding hydrogens is 294 g/mol. The Morgan fingerprint density at radius 1 is 1.40 bits per heavy atom. The fraction of sp³-hybridized carbons (Fsp3) is 0.200. The van der Waals surface area contributed by atoms with Crippen LogP contribution in [0.5, 0.6) is 5.75 Å². The maximum atomic E-state index is 13.5. The van der Waals surface area contributed by atoms with Gasteiger partial charge in [0.05, 0.1) is 11.0 Å². The van der Waals surface area contributed by atoms with E-state index in [1.807, 2.05) is 0 Å². The second-order valence-electron chi connectivity index (χ2n) is 3.53. The number of rotatable bonds is 5. The minimum atomic E-state index is -1.17. The van der Waals surface area contributed by atoms with E-state index in [2.05, 4.69) is 15.5 Å². The highest BCUT2D eigenvalue weighted by Crippen LogP contribution is 2.27. The number of hydrogen-bond donors (Lipinski definition) is 1. The van der Waals surface area contributed by atoms with Crippen molar-refractivity contribution in [3.05, 3.63) is 38.9 Å². The van der Waals surface area contributed by atoms with Crippen molar-refractivity contribution in [2.45, 2.75) is 6.61 Å². The van der Waals surface area contributed by atoms with Crippen molar-refractivity contribution in [3.63, 3.8) is 0 Å². The van der Waals surface area contributed by atoms with Gasteiger partial charge in [-0.1, -0.05) is 11.3 Å². The molecule has 106 valence electrons. The van der Waals surface area contributed by atoms with Crippen molar-refractivity contribution in [1.29, 1.82) is 0 Å². The monoisotopic (exact) mass is 302 g/mol. The smallest absolute Gasteiger partial charge is 0.307 e. The fourth-order valence-electron chi connectivity index (χ4n) is 1.32. The van der Waals surface area contributed by atoms with E-state index in [0.29, 0.717) is 22.3 Å². The molecule has 0 amide bonds. The molecule has 0 aliphatic heterocycles. The van der Waals surface area contributed by atoms with Crippen LogP contribution in [0.4, 0.5) is 19.6 Å². The first-order chi connectivity index (χ1) is 9.51. The second-order valence-corrected chi connectivity index (χ2v) is 4.59. The molecule has 1 heterocycles. The number of anilines is 1. The Labute approximate surface area is 115 Å². The van der Waals surface area contributed by atoms with Crippen LogP contribution in [0.3, 0.4) is 0 Å². The van der Waals surface area contributed by atoms with Gasteiger partial charge in [0.2, 0.25) is 10.9 Å². The van der Waals surface area contributed by atoms with Crippen molar-refractivity contribution in [3.8, 4) is 5.75 Å². The molecule has 0 unspecified atom stereocenters. The van der Waals surface area contributed by atoms with Crippen LogP contribution in [0, 0.1) is 21.7 Å². The number of halogens is 2. The van der Waals surface area contributed by atoms with Gasteiger partial charge in [0.15, 0.2) is 16.6 Å². The number of nitro benzene ring substituents is 1. The number of ether oxygens (including phenoxy) is 1. The summed E-state index contributed by atoms with van der Waals surface area (Å²) in [5, 5.41) is 21.7. The van der Waals surface area contributed by atoms with Gasteiger partial charge in [-0.2, -0.15) is 4.39 Å². The van der Waals surface area contributed by atoms with Crippen molar-refractivity contribution in [1.82, 2.24) is 10.2 Å². The Morgan fingerprint density at radius 3 is 2.75 bits per heavy atom. The Morgan fingerprint density at radius 2 is 2.15 bits per heavy atom. The first-order valence-electron chi connectivity index (χ1n) is 5.27. The molecule has 2 aromatic rings. The van der Waals surface area contributed by atoms with E-state index in [9.17, 15) is 18.9 Å². The van der Waals surface area contributed by atoms with Crippen LogP contribution in [-0.2, 0) is 6.61 Å². The van der Waals surface area contributed by atoms with Crippen LogP contribution in [0.1, 0.15) is 5.01 Å². The standard InChI is InChI=1S/C10H8F2N4O3S/c1-13-10-15-14-9(20-10)4-19-8-3-5(11)7(16(17)18)2-6(8)12/h2-3H,4H2,1H3,(H,13,15). The highest BCUT2D eigenvalue weighted by atomic mass is 32.1. The first kappa shape index (κ1) is 14.1. The maximum Gasteiger partial charge on any atom is 0.307 e. The van der Waals surface area contributed by atoms with Gasteiger partial charge in [-0.05, 0) is 0 Å². The van der Waals surface area contributed by atoms with Gasteiger partial charge >= 0.3 is 5.69 Å². The van der Waals surface area contributed by atoms with Crippen molar-refractivity contribution in [2.75, 3.05) is 12.4 Å². The zero-order chi connectivity index (χ0) is 14.7. The summed E-state index contributed by atoms with van der Waals surface area (Å²) in [7, 11) is 1.66. The molecule has 10 heteroatoms. The van der Waals surface area contributed by atoms with Gasteiger partial charge in [0.1, 0.15) is 6.61 Å². The molecule has 1 N–H and O–H groups in total. The first-order valence-corrected chi connectivity index (χ1v) is 6.09. The molecule has 1 aromatic carbocycles. The minimum absolute atomic E-state index is 0.118. The lowest BCUT2D eigenvalue weighted by Gasteiger charge is -2.05. The Bertz CT molecular complexity index is 649. The zero-order valence-electron chi connectivity index (χ0n) is 10.1. The topological polar surface area (TPSA) is 90.2 Å². The summed E-state index contributed by atoms with van der Waals surface area (Å²) in [6, 6.07) is 1.11. The van der Waals surface area contributed by atoms with E-state index >= 15 is 0 Å². The Hall–Kier alpha value is -2.36.